The first kappa shape index (κ1) is 26.0. The molecule has 3 aromatic carbocycles. The van der Waals surface area contributed by atoms with E-state index in [0.717, 1.165) is 22.8 Å². The van der Waals surface area contributed by atoms with Crippen molar-refractivity contribution >= 4 is 17.6 Å². The van der Waals surface area contributed by atoms with Crippen LogP contribution in [0.4, 0.5) is 17.6 Å². The van der Waals surface area contributed by atoms with Crippen LogP contribution >= 0.6 is 11.6 Å². The molecule has 0 atom stereocenters. The number of carbonyl (C=O) groups excluding carboxylic acids is 1. The normalized spacial score (nSPS) is 13.4. The molecule has 4 nitrogen and oxygen atoms in total. The van der Waals surface area contributed by atoms with E-state index in [1.54, 1.807) is 18.2 Å². The van der Waals surface area contributed by atoms with E-state index in [-0.39, 0.29) is 36.4 Å². The first-order valence-corrected chi connectivity index (χ1v) is 11.8. The monoisotopic (exact) mass is 521 g/mol. The molecule has 1 heterocycles. The van der Waals surface area contributed by atoms with Gasteiger partial charge in [0.2, 0.25) is 0 Å². The highest BCUT2D eigenvalue weighted by Crippen LogP contribution is 2.36. The van der Waals surface area contributed by atoms with Crippen molar-refractivity contribution in [1.29, 1.82) is 0 Å². The number of benzene rings is 3. The minimum absolute atomic E-state index is 0.182. The molecule has 0 fully saturated rings. The molecule has 36 heavy (non-hydrogen) atoms. The zero-order chi connectivity index (χ0) is 25.7. The number of fused-ring (bicyclic) bond motifs is 1. The van der Waals surface area contributed by atoms with Crippen LogP contribution in [0, 0.1) is 5.82 Å². The number of alkyl halides is 3. The standard InChI is InChI=1S/C27H24ClF4NO3/c28-26-19(3-1-4-24(26)27(30,31)32)16-33(15-18-5-8-22(29)9-6-18)11-2-12-35-23-10-7-20-17-36-25(34)14-21(20)13-23/h1,3-10,13H,2,11-12,14-17H2. The SMILES string of the molecule is O=C1Cc2cc(OCCCN(Cc3ccc(F)cc3)Cc3cccc(C(F)(F)F)c3Cl)ccc2CO1. The van der Waals surface area contributed by atoms with Gasteiger partial charge in [-0.2, -0.15) is 13.2 Å². The number of ether oxygens (including phenoxy) is 2. The molecule has 0 spiro atoms. The third-order valence-corrected chi connectivity index (χ3v) is 6.33. The predicted molar refractivity (Wildman–Crippen MR) is 127 cm³/mol. The smallest absolute Gasteiger partial charge is 0.417 e. The zero-order valence-electron chi connectivity index (χ0n) is 19.3. The van der Waals surface area contributed by atoms with Crippen LogP contribution in [0.5, 0.6) is 5.75 Å². The fourth-order valence-electron chi connectivity index (χ4n) is 4.06. The number of halogens is 5. The second-order valence-corrected chi connectivity index (χ2v) is 8.96. The van der Waals surface area contributed by atoms with Crippen molar-refractivity contribution in [2.24, 2.45) is 0 Å². The van der Waals surface area contributed by atoms with Gasteiger partial charge in [-0.15, -0.1) is 0 Å². The summed E-state index contributed by atoms with van der Waals surface area (Å²) >= 11 is 6.12. The number of hydrogen-bond donors (Lipinski definition) is 0. The number of carbonyl (C=O) groups is 1. The molecule has 0 saturated carbocycles. The van der Waals surface area contributed by atoms with Crippen LogP contribution in [0.15, 0.2) is 60.7 Å². The summed E-state index contributed by atoms with van der Waals surface area (Å²) in [5.41, 5.74) is 2.13. The van der Waals surface area contributed by atoms with Crippen LogP contribution in [-0.2, 0) is 41.8 Å². The average Bonchev–Trinajstić information content (AvgIpc) is 2.83. The lowest BCUT2D eigenvalue weighted by atomic mass is 10.0. The maximum absolute atomic E-state index is 13.3. The van der Waals surface area contributed by atoms with Crippen molar-refractivity contribution in [2.45, 2.75) is 38.7 Å². The van der Waals surface area contributed by atoms with Crippen LogP contribution in [0.2, 0.25) is 5.02 Å². The molecule has 0 radical (unpaired) electrons. The Morgan fingerprint density at radius 3 is 2.53 bits per heavy atom. The number of cyclic esters (lactones) is 1. The van der Waals surface area contributed by atoms with Crippen molar-refractivity contribution in [3.8, 4) is 5.75 Å². The zero-order valence-corrected chi connectivity index (χ0v) is 20.0. The van der Waals surface area contributed by atoms with Crippen LogP contribution in [0.1, 0.15) is 34.2 Å². The Hall–Kier alpha value is -3.10. The van der Waals surface area contributed by atoms with Crippen LogP contribution in [0.25, 0.3) is 0 Å². The minimum atomic E-state index is -4.55. The van der Waals surface area contributed by atoms with Gasteiger partial charge in [-0.1, -0.05) is 41.9 Å². The van der Waals surface area contributed by atoms with E-state index in [2.05, 4.69) is 0 Å². The van der Waals surface area contributed by atoms with Crippen LogP contribution < -0.4 is 4.74 Å². The third kappa shape index (κ3) is 6.77. The number of nitrogens with zero attached hydrogens (tertiary/aromatic N) is 1. The lowest BCUT2D eigenvalue weighted by molar-refractivity contribution is -0.145. The summed E-state index contributed by atoms with van der Waals surface area (Å²) in [6.07, 6.45) is -3.76. The quantitative estimate of drug-likeness (QED) is 0.181. The van der Waals surface area contributed by atoms with Gasteiger partial charge in [-0.05, 0) is 59.0 Å². The number of hydrogen-bond acceptors (Lipinski definition) is 4. The molecule has 0 bridgehead atoms. The Bertz CT molecular complexity index is 1210. The topological polar surface area (TPSA) is 38.8 Å². The molecule has 190 valence electrons. The van der Waals surface area contributed by atoms with E-state index in [4.69, 9.17) is 21.1 Å². The molecule has 0 unspecified atom stereocenters. The molecule has 0 amide bonds. The summed E-state index contributed by atoms with van der Waals surface area (Å²) in [5, 5.41) is -0.321. The van der Waals surface area contributed by atoms with Crippen molar-refractivity contribution in [2.75, 3.05) is 13.2 Å². The minimum Gasteiger partial charge on any atom is -0.494 e. The van der Waals surface area contributed by atoms with Crippen LogP contribution in [0.3, 0.4) is 0 Å². The third-order valence-electron chi connectivity index (χ3n) is 5.89. The Morgan fingerprint density at radius 2 is 1.78 bits per heavy atom. The van der Waals surface area contributed by atoms with Gasteiger partial charge in [0.1, 0.15) is 18.2 Å². The van der Waals surface area contributed by atoms with E-state index in [1.807, 2.05) is 23.1 Å². The van der Waals surface area contributed by atoms with E-state index in [9.17, 15) is 22.4 Å². The lowest BCUT2D eigenvalue weighted by Gasteiger charge is -2.24. The van der Waals surface area contributed by atoms with E-state index < -0.39 is 11.7 Å². The summed E-state index contributed by atoms with van der Waals surface area (Å²) in [6.45, 7) is 1.69. The Morgan fingerprint density at radius 1 is 1.00 bits per heavy atom. The molecule has 3 aromatic rings. The second-order valence-electron chi connectivity index (χ2n) is 8.58. The Balaban J connectivity index is 1.42. The van der Waals surface area contributed by atoms with E-state index in [0.29, 0.717) is 37.4 Å². The molecular formula is C27H24ClF4NO3. The second kappa shape index (κ2) is 11.3. The van der Waals surface area contributed by atoms with Crippen molar-refractivity contribution in [3.63, 3.8) is 0 Å². The fourth-order valence-corrected chi connectivity index (χ4v) is 4.36. The highest BCUT2D eigenvalue weighted by molar-refractivity contribution is 6.32. The fraction of sp³-hybridized carbons (Fsp3) is 0.296. The van der Waals surface area contributed by atoms with Crippen molar-refractivity contribution in [1.82, 2.24) is 4.90 Å². The summed E-state index contributed by atoms with van der Waals surface area (Å²) in [4.78, 5) is 13.5. The van der Waals surface area contributed by atoms with Crippen LogP contribution in [-0.4, -0.2) is 24.0 Å². The Kier molecular flexibility index (Phi) is 8.16. The van der Waals surface area contributed by atoms with Gasteiger partial charge in [0.15, 0.2) is 0 Å². The summed E-state index contributed by atoms with van der Waals surface area (Å²) in [7, 11) is 0. The van der Waals surface area contributed by atoms with Gasteiger partial charge >= 0.3 is 12.1 Å². The highest BCUT2D eigenvalue weighted by Gasteiger charge is 2.34. The molecule has 0 aliphatic carbocycles. The molecule has 1 aliphatic rings. The van der Waals surface area contributed by atoms with E-state index in [1.165, 1.54) is 18.2 Å². The predicted octanol–water partition coefficient (Wildman–Crippen LogP) is 6.57. The molecule has 0 saturated heterocycles. The molecule has 9 heteroatoms. The first-order chi connectivity index (χ1) is 17.2. The van der Waals surface area contributed by atoms with Gasteiger partial charge < -0.3 is 9.47 Å². The highest BCUT2D eigenvalue weighted by atomic mass is 35.5. The summed E-state index contributed by atoms with van der Waals surface area (Å²) in [5.74, 6) is -0.00303. The molecular weight excluding hydrogens is 498 g/mol. The maximum Gasteiger partial charge on any atom is 0.417 e. The first-order valence-electron chi connectivity index (χ1n) is 11.4. The van der Waals surface area contributed by atoms with Gasteiger partial charge in [0, 0.05) is 19.6 Å². The molecule has 4 rings (SSSR count). The van der Waals surface area contributed by atoms with Gasteiger partial charge in [-0.25, -0.2) is 4.39 Å². The van der Waals surface area contributed by atoms with Crippen molar-refractivity contribution < 1.29 is 31.8 Å². The lowest BCUT2D eigenvalue weighted by Crippen LogP contribution is -2.26. The largest absolute Gasteiger partial charge is 0.494 e. The van der Waals surface area contributed by atoms with Gasteiger partial charge in [-0.3, -0.25) is 9.69 Å². The van der Waals surface area contributed by atoms with Crippen molar-refractivity contribution in [3.05, 3.63) is 99.3 Å². The average molecular weight is 522 g/mol. The van der Waals surface area contributed by atoms with Gasteiger partial charge in [0.05, 0.1) is 23.6 Å². The van der Waals surface area contributed by atoms with Gasteiger partial charge in [0.25, 0.3) is 0 Å². The summed E-state index contributed by atoms with van der Waals surface area (Å²) in [6, 6.07) is 15.4. The molecule has 1 aliphatic heterocycles. The Labute approximate surface area is 211 Å². The molecule has 0 aromatic heterocycles. The molecule has 0 N–H and O–H groups in total. The van der Waals surface area contributed by atoms with E-state index >= 15 is 0 Å². The maximum atomic E-state index is 13.3. The number of rotatable bonds is 9. The summed E-state index contributed by atoms with van der Waals surface area (Å²) < 4.78 is 64.2. The number of esters is 1.